The largest absolute Gasteiger partial charge is 0.316 e. The number of halogens is 1. The number of nitrogens with one attached hydrogen (secondary N) is 1. The molecule has 0 aliphatic carbocycles. The SMILES string of the molecule is Cc1sc2c(c1Cl)CCNCC2. The van der Waals surface area contributed by atoms with E-state index in [-0.39, 0.29) is 0 Å². The maximum absolute atomic E-state index is 6.18. The normalized spacial score (nSPS) is 17.2. The molecule has 0 fully saturated rings. The fourth-order valence-corrected chi connectivity index (χ4v) is 3.11. The topological polar surface area (TPSA) is 12.0 Å². The van der Waals surface area contributed by atoms with Gasteiger partial charge in [0.05, 0.1) is 5.02 Å². The highest BCUT2D eigenvalue weighted by atomic mass is 35.5. The first-order chi connectivity index (χ1) is 5.79. The van der Waals surface area contributed by atoms with Crippen LogP contribution >= 0.6 is 22.9 Å². The first kappa shape index (κ1) is 8.54. The molecule has 3 heteroatoms. The minimum atomic E-state index is 1.01. The van der Waals surface area contributed by atoms with E-state index in [1.165, 1.54) is 15.3 Å². The van der Waals surface area contributed by atoms with E-state index >= 15 is 0 Å². The Morgan fingerprint density at radius 1 is 1.33 bits per heavy atom. The van der Waals surface area contributed by atoms with Crippen LogP contribution in [0.3, 0.4) is 0 Å². The van der Waals surface area contributed by atoms with Crippen LogP contribution in [-0.4, -0.2) is 13.1 Å². The second-order valence-electron chi connectivity index (χ2n) is 3.12. The minimum Gasteiger partial charge on any atom is -0.316 e. The monoisotopic (exact) mass is 201 g/mol. The Kier molecular flexibility index (Phi) is 2.40. The molecule has 0 spiro atoms. The van der Waals surface area contributed by atoms with Crippen molar-refractivity contribution in [3.8, 4) is 0 Å². The van der Waals surface area contributed by atoms with E-state index in [0.717, 1.165) is 31.0 Å². The Hall–Kier alpha value is -0.0500. The molecule has 0 atom stereocenters. The van der Waals surface area contributed by atoms with Crippen molar-refractivity contribution in [3.05, 3.63) is 20.3 Å². The second kappa shape index (κ2) is 3.36. The zero-order chi connectivity index (χ0) is 8.55. The van der Waals surface area contributed by atoms with Crippen molar-refractivity contribution in [2.24, 2.45) is 0 Å². The molecular weight excluding hydrogens is 190 g/mol. The highest BCUT2D eigenvalue weighted by Gasteiger charge is 2.15. The quantitative estimate of drug-likeness (QED) is 0.680. The Bertz CT molecular complexity index is 293. The third-order valence-corrected chi connectivity index (χ3v) is 4.10. The van der Waals surface area contributed by atoms with Crippen LogP contribution in [0.1, 0.15) is 15.3 Å². The fourth-order valence-electron chi connectivity index (χ4n) is 1.62. The van der Waals surface area contributed by atoms with Gasteiger partial charge in [-0.15, -0.1) is 11.3 Å². The molecule has 0 bridgehead atoms. The van der Waals surface area contributed by atoms with Crippen LogP contribution in [0.2, 0.25) is 5.02 Å². The molecule has 0 aromatic carbocycles. The molecule has 2 rings (SSSR count). The van der Waals surface area contributed by atoms with Crippen LogP contribution in [-0.2, 0) is 12.8 Å². The Morgan fingerprint density at radius 3 is 2.92 bits per heavy atom. The van der Waals surface area contributed by atoms with Crippen LogP contribution in [0.5, 0.6) is 0 Å². The Labute approximate surface area is 81.7 Å². The third kappa shape index (κ3) is 1.39. The number of fused-ring (bicyclic) bond motifs is 1. The Morgan fingerprint density at radius 2 is 2.08 bits per heavy atom. The number of thiophene rings is 1. The summed E-state index contributed by atoms with van der Waals surface area (Å²) in [5.41, 5.74) is 1.39. The van der Waals surface area contributed by atoms with Crippen molar-refractivity contribution in [2.75, 3.05) is 13.1 Å². The van der Waals surface area contributed by atoms with Gasteiger partial charge >= 0.3 is 0 Å². The van der Waals surface area contributed by atoms with Crippen molar-refractivity contribution in [3.63, 3.8) is 0 Å². The summed E-state index contributed by atoms with van der Waals surface area (Å²) in [5.74, 6) is 0. The molecule has 1 aromatic heterocycles. The van der Waals surface area contributed by atoms with Gasteiger partial charge in [0.2, 0.25) is 0 Å². The zero-order valence-corrected chi connectivity index (χ0v) is 8.69. The van der Waals surface area contributed by atoms with Crippen LogP contribution in [0.15, 0.2) is 0 Å². The molecular formula is C9H12ClNS. The van der Waals surface area contributed by atoms with Gasteiger partial charge in [-0.3, -0.25) is 0 Å². The van der Waals surface area contributed by atoms with Crippen LogP contribution in [0.4, 0.5) is 0 Å². The summed E-state index contributed by atoms with van der Waals surface area (Å²) in [7, 11) is 0. The van der Waals surface area contributed by atoms with Crippen molar-refractivity contribution in [1.29, 1.82) is 0 Å². The predicted octanol–water partition coefficient (Wildman–Crippen LogP) is 2.40. The molecule has 0 saturated heterocycles. The van der Waals surface area contributed by atoms with Gasteiger partial charge in [-0.1, -0.05) is 11.6 Å². The molecule has 0 amide bonds. The zero-order valence-electron chi connectivity index (χ0n) is 7.11. The molecule has 1 nitrogen and oxygen atoms in total. The average molecular weight is 202 g/mol. The van der Waals surface area contributed by atoms with Gasteiger partial charge in [0.1, 0.15) is 0 Å². The van der Waals surface area contributed by atoms with Crippen molar-refractivity contribution >= 4 is 22.9 Å². The predicted molar refractivity (Wildman–Crippen MR) is 54.3 cm³/mol. The van der Waals surface area contributed by atoms with E-state index < -0.39 is 0 Å². The average Bonchev–Trinajstić information content (AvgIpc) is 2.30. The van der Waals surface area contributed by atoms with Gasteiger partial charge in [-0.2, -0.15) is 0 Å². The summed E-state index contributed by atoms with van der Waals surface area (Å²) in [6.07, 6.45) is 2.24. The van der Waals surface area contributed by atoms with E-state index in [1.807, 2.05) is 11.3 Å². The molecule has 0 unspecified atom stereocenters. The van der Waals surface area contributed by atoms with Crippen molar-refractivity contribution in [2.45, 2.75) is 19.8 Å². The lowest BCUT2D eigenvalue weighted by atomic mass is 10.1. The number of hydrogen-bond acceptors (Lipinski definition) is 2. The van der Waals surface area contributed by atoms with Gasteiger partial charge in [0.25, 0.3) is 0 Å². The summed E-state index contributed by atoms with van der Waals surface area (Å²) in [6.45, 7) is 4.28. The van der Waals surface area contributed by atoms with Crippen molar-refractivity contribution in [1.82, 2.24) is 5.32 Å². The second-order valence-corrected chi connectivity index (χ2v) is 4.81. The summed E-state index contributed by atoms with van der Waals surface area (Å²) in [4.78, 5) is 2.77. The minimum absolute atomic E-state index is 1.01. The molecule has 1 aromatic rings. The van der Waals surface area contributed by atoms with Gasteiger partial charge in [-0.05, 0) is 38.4 Å². The Balaban J connectivity index is 2.42. The van der Waals surface area contributed by atoms with Gasteiger partial charge in [0.15, 0.2) is 0 Å². The summed E-state index contributed by atoms with van der Waals surface area (Å²) < 4.78 is 0. The highest BCUT2D eigenvalue weighted by molar-refractivity contribution is 7.12. The fraction of sp³-hybridized carbons (Fsp3) is 0.556. The van der Waals surface area contributed by atoms with Gasteiger partial charge < -0.3 is 5.32 Å². The summed E-state index contributed by atoms with van der Waals surface area (Å²) in [6, 6.07) is 0. The maximum atomic E-state index is 6.18. The number of aryl methyl sites for hydroxylation is 1. The lowest BCUT2D eigenvalue weighted by molar-refractivity contribution is 0.712. The molecule has 0 radical (unpaired) electrons. The van der Waals surface area contributed by atoms with E-state index in [4.69, 9.17) is 11.6 Å². The third-order valence-electron chi connectivity index (χ3n) is 2.27. The lowest BCUT2D eigenvalue weighted by Gasteiger charge is -1.96. The number of hydrogen-bond donors (Lipinski definition) is 1. The standard InChI is InChI=1S/C9H12ClNS/c1-6-9(10)7-2-4-11-5-3-8(7)12-6/h11H,2-5H2,1H3. The first-order valence-corrected chi connectivity index (χ1v) is 5.46. The molecule has 66 valence electrons. The van der Waals surface area contributed by atoms with Crippen LogP contribution < -0.4 is 5.32 Å². The molecule has 1 aliphatic rings. The van der Waals surface area contributed by atoms with Gasteiger partial charge in [-0.25, -0.2) is 0 Å². The maximum Gasteiger partial charge on any atom is 0.0577 e. The molecule has 0 saturated carbocycles. The van der Waals surface area contributed by atoms with E-state index in [2.05, 4.69) is 12.2 Å². The molecule has 1 aliphatic heterocycles. The molecule has 1 N–H and O–H groups in total. The van der Waals surface area contributed by atoms with Crippen molar-refractivity contribution < 1.29 is 0 Å². The molecule has 2 heterocycles. The van der Waals surface area contributed by atoms with Gasteiger partial charge in [0, 0.05) is 9.75 Å². The lowest BCUT2D eigenvalue weighted by Crippen LogP contribution is -2.16. The van der Waals surface area contributed by atoms with Crippen LogP contribution in [0.25, 0.3) is 0 Å². The van der Waals surface area contributed by atoms with E-state index in [9.17, 15) is 0 Å². The smallest absolute Gasteiger partial charge is 0.0577 e. The van der Waals surface area contributed by atoms with E-state index in [1.54, 1.807) is 0 Å². The van der Waals surface area contributed by atoms with E-state index in [0.29, 0.717) is 0 Å². The summed E-state index contributed by atoms with van der Waals surface area (Å²) in [5, 5.41) is 4.39. The first-order valence-electron chi connectivity index (χ1n) is 4.26. The van der Waals surface area contributed by atoms with Crippen LogP contribution in [0, 0.1) is 6.92 Å². The number of rotatable bonds is 0. The highest BCUT2D eigenvalue weighted by Crippen LogP contribution is 2.33. The molecule has 12 heavy (non-hydrogen) atoms. The summed E-state index contributed by atoms with van der Waals surface area (Å²) >= 11 is 8.04.